The number of nitrogens with zero attached hydrogens (tertiary/aromatic N) is 2. The number of carbonyl (C=O) groups excluding carboxylic acids is 2. The zero-order chi connectivity index (χ0) is 18.7. The number of anilines is 2. The molecular weight excluding hydrogens is 330 g/mol. The lowest BCUT2D eigenvalue weighted by Gasteiger charge is -2.28. The maximum atomic E-state index is 12.7. The average Bonchev–Trinajstić information content (AvgIpc) is 3.26. The van der Waals surface area contributed by atoms with Crippen LogP contribution in [0, 0.1) is 0 Å². The van der Waals surface area contributed by atoms with E-state index in [1.807, 2.05) is 45.0 Å². The van der Waals surface area contributed by atoms with Gasteiger partial charge in [-0.3, -0.25) is 9.69 Å². The minimum Gasteiger partial charge on any atom is -0.444 e. The molecule has 0 bridgehead atoms. The zero-order valence-electron chi connectivity index (χ0n) is 16.0. The Morgan fingerprint density at radius 1 is 1.04 bits per heavy atom. The highest BCUT2D eigenvalue weighted by Crippen LogP contribution is 2.24. The molecule has 26 heavy (non-hydrogen) atoms. The van der Waals surface area contributed by atoms with Gasteiger partial charge in [0.2, 0.25) is 5.91 Å². The first kappa shape index (κ1) is 18.5. The normalized spacial score (nSPS) is 20.3. The van der Waals surface area contributed by atoms with Gasteiger partial charge in [0.25, 0.3) is 0 Å². The van der Waals surface area contributed by atoms with Crippen LogP contribution in [-0.4, -0.2) is 48.2 Å². The van der Waals surface area contributed by atoms with Crippen molar-refractivity contribution in [3.63, 3.8) is 0 Å². The minimum absolute atomic E-state index is 0.151. The van der Waals surface area contributed by atoms with Crippen LogP contribution in [0.4, 0.5) is 16.2 Å². The van der Waals surface area contributed by atoms with Crippen LogP contribution < -0.4 is 10.2 Å². The van der Waals surface area contributed by atoms with Crippen LogP contribution in [0.3, 0.4) is 0 Å². The molecule has 2 aliphatic rings. The van der Waals surface area contributed by atoms with E-state index in [1.165, 1.54) is 18.5 Å². The SMILES string of the molecule is CC(C)(C)OC(=O)N1CCC[C@@H]1C(=O)Nc1ccc(N2CCCC2)cc1. The predicted molar refractivity (Wildman–Crippen MR) is 102 cm³/mol. The van der Waals surface area contributed by atoms with Crippen molar-refractivity contribution in [2.45, 2.75) is 58.1 Å². The van der Waals surface area contributed by atoms with Gasteiger partial charge >= 0.3 is 6.09 Å². The summed E-state index contributed by atoms with van der Waals surface area (Å²) >= 11 is 0. The topological polar surface area (TPSA) is 61.9 Å². The number of hydrogen-bond acceptors (Lipinski definition) is 4. The quantitative estimate of drug-likeness (QED) is 0.895. The molecule has 0 aliphatic carbocycles. The van der Waals surface area contributed by atoms with E-state index in [0.717, 1.165) is 25.2 Å². The highest BCUT2D eigenvalue weighted by Gasteiger charge is 2.36. The number of likely N-dealkylation sites (tertiary alicyclic amines) is 1. The molecule has 0 aromatic heterocycles. The van der Waals surface area contributed by atoms with Crippen LogP contribution in [0.15, 0.2) is 24.3 Å². The van der Waals surface area contributed by atoms with Crippen molar-refractivity contribution in [2.75, 3.05) is 29.9 Å². The van der Waals surface area contributed by atoms with E-state index in [4.69, 9.17) is 4.74 Å². The summed E-state index contributed by atoms with van der Waals surface area (Å²) in [6, 6.07) is 7.47. The van der Waals surface area contributed by atoms with Gasteiger partial charge in [0.05, 0.1) is 0 Å². The Kier molecular flexibility index (Phi) is 5.39. The fourth-order valence-corrected chi connectivity index (χ4v) is 3.53. The molecule has 0 radical (unpaired) electrons. The van der Waals surface area contributed by atoms with E-state index in [1.54, 1.807) is 4.90 Å². The Balaban J connectivity index is 1.60. The number of nitrogens with one attached hydrogen (secondary N) is 1. The zero-order valence-corrected chi connectivity index (χ0v) is 16.0. The van der Waals surface area contributed by atoms with Crippen molar-refractivity contribution < 1.29 is 14.3 Å². The van der Waals surface area contributed by atoms with E-state index >= 15 is 0 Å². The van der Waals surface area contributed by atoms with E-state index in [-0.39, 0.29) is 5.91 Å². The summed E-state index contributed by atoms with van der Waals surface area (Å²) in [5.74, 6) is -0.151. The van der Waals surface area contributed by atoms with Gasteiger partial charge in [-0.25, -0.2) is 4.79 Å². The Morgan fingerprint density at radius 2 is 1.69 bits per heavy atom. The summed E-state index contributed by atoms with van der Waals surface area (Å²) in [6.45, 7) is 8.24. The van der Waals surface area contributed by atoms with Gasteiger partial charge in [-0.2, -0.15) is 0 Å². The molecule has 3 rings (SSSR count). The number of hydrogen-bond donors (Lipinski definition) is 1. The van der Waals surface area contributed by atoms with Crippen molar-refractivity contribution >= 4 is 23.4 Å². The molecular formula is C20H29N3O3. The first-order chi connectivity index (χ1) is 12.3. The number of ether oxygens (including phenoxy) is 1. The molecule has 6 nitrogen and oxygen atoms in total. The van der Waals surface area contributed by atoms with Crippen molar-refractivity contribution in [3.05, 3.63) is 24.3 Å². The fraction of sp³-hybridized carbons (Fsp3) is 0.600. The third-order valence-corrected chi connectivity index (χ3v) is 4.79. The van der Waals surface area contributed by atoms with Crippen molar-refractivity contribution in [2.24, 2.45) is 0 Å². The van der Waals surface area contributed by atoms with E-state index in [2.05, 4.69) is 10.2 Å². The van der Waals surface area contributed by atoms with Crippen LogP contribution in [-0.2, 0) is 9.53 Å². The molecule has 2 aliphatic heterocycles. The predicted octanol–water partition coefficient (Wildman–Crippen LogP) is 3.62. The molecule has 2 amide bonds. The van der Waals surface area contributed by atoms with Gasteiger partial charge in [-0.05, 0) is 70.7 Å². The number of amides is 2. The summed E-state index contributed by atoms with van der Waals surface area (Å²) in [5.41, 5.74) is 1.39. The Hall–Kier alpha value is -2.24. The molecule has 1 N–H and O–H groups in total. The highest BCUT2D eigenvalue weighted by molar-refractivity contribution is 5.97. The van der Waals surface area contributed by atoms with Gasteiger partial charge in [0, 0.05) is 31.0 Å². The molecule has 2 heterocycles. The lowest BCUT2D eigenvalue weighted by molar-refractivity contribution is -0.120. The van der Waals surface area contributed by atoms with Gasteiger partial charge < -0.3 is 15.0 Å². The monoisotopic (exact) mass is 359 g/mol. The Morgan fingerprint density at radius 3 is 2.31 bits per heavy atom. The molecule has 142 valence electrons. The second-order valence-corrected chi connectivity index (χ2v) is 8.06. The van der Waals surface area contributed by atoms with Crippen LogP contribution in [0.1, 0.15) is 46.5 Å². The molecule has 0 spiro atoms. The smallest absolute Gasteiger partial charge is 0.410 e. The van der Waals surface area contributed by atoms with Gasteiger partial charge in [0.15, 0.2) is 0 Å². The molecule has 2 saturated heterocycles. The van der Waals surface area contributed by atoms with Crippen LogP contribution in [0.25, 0.3) is 0 Å². The van der Waals surface area contributed by atoms with E-state index < -0.39 is 17.7 Å². The van der Waals surface area contributed by atoms with E-state index in [0.29, 0.717) is 13.0 Å². The highest BCUT2D eigenvalue weighted by atomic mass is 16.6. The molecule has 0 saturated carbocycles. The fourth-order valence-electron chi connectivity index (χ4n) is 3.53. The molecule has 1 aromatic rings. The maximum Gasteiger partial charge on any atom is 0.410 e. The summed E-state index contributed by atoms with van der Waals surface area (Å²) < 4.78 is 5.43. The summed E-state index contributed by atoms with van der Waals surface area (Å²) in [6.07, 6.45) is 3.53. The van der Waals surface area contributed by atoms with Crippen LogP contribution >= 0.6 is 0 Å². The van der Waals surface area contributed by atoms with Gasteiger partial charge in [-0.1, -0.05) is 0 Å². The largest absolute Gasteiger partial charge is 0.444 e. The third kappa shape index (κ3) is 4.48. The minimum atomic E-state index is -0.563. The second kappa shape index (κ2) is 7.56. The van der Waals surface area contributed by atoms with Crippen molar-refractivity contribution in [1.29, 1.82) is 0 Å². The standard InChI is InChI=1S/C20H29N3O3/c1-20(2,3)26-19(25)23-14-6-7-17(23)18(24)21-15-8-10-16(11-9-15)22-12-4-5-13-22/h8-11,17H,4-7,12-14H2,1-3H3,(H,21,24)/t17-/m1/s1. The lowest BCUT2D eigenvalue weighted by Crippen LogP contribution is -2.45. The molecule has 2 fully saturated rings. The molecule has 6 heteroatoms. The number of carbonyl (C=O) groups is 2. The van der Waals surface area contributed by atoms with Gasteiger partial charge in [-0.15, -0.1) is 0 Å². The van der Waals surface area contributed by atoms with Crippen molar-refractivity contribution in [1.82, 2.24) is 4.90 Å². The van der Waals surface area contributed by atoms with Crippen LogP contribution in [0.5, 0.6) is 0 Å². The molecule has 0 unspecified atom stereocenters. The number of benzene rings is 1. The molecule has 1 aromatic carbocycles. The van der Waals surface area contributed by atoms with E-state index in [9.17, 15) is 9.59 Å². The Labute approximate surface area is 155 Å². The van der Waals surface area contributed by atoms with Crippen LogP contribution in [0.2, 0.25) is 0 Å². The summed E-state index contributed by atoms with van der Waals surface area (Å²) in [4.78, 5) is 28.9. The third-order valence-electron chi connectivity index (χ3n) is 4.79. The average molecular weight is 359 g/mol. The summed E-state index contributed by atoms with van der Waals surface area (Å²) in [5, 5.41) is 2.94. The first-order valence-electron chi connectivity index (χ1n) is 9.49. The van der Waals surface area contributed by atoms with Crippen molar-refractivity contribution in [3.8, 4) is 0 Å². The lowest BCUT2D eigenvalue weighted by atomic mass is 10.2. The maximum absolute atomic E-state index is 12.7. The summed E-state index contributed by atoms with van der Waals surface area (Å²) in [7, 11) is 0. The Bertz CT molecular complexity index is 645. The first-order valence-corrected chi connectivity index (χ1v) is 9.49. The van der Waals surface area contributed by atoms with Gasteiger partial charge in [0.1, 0.15) is 11.6 Å². The second-order valence-electron chi connectivity index (χ2n) is 8.06. The molecule has 1 atom stereocenters. The number of rotatable bonds is 3.